The van der Waals surface area contributed by atoms with E-state index in [1.54, 1.807) is 23.3 Å². The quantitative estimate of drug-likeness (QED) is 0.593. The third-order valence-corrected chi connectivity index (χ3v) is 3.97. The van der Waals surface area contributed by atoms with E-state index in [0.29, 0.717) is 36.2 Å². The van der Waals surface area contributed by atoms with Crippen molar-refractivity contribution < 1.29 is 14.3 Å². The molecule has 0 saturated heterocycles. The summed E-state index contributed by atoms with van der Waals surface area (Å²) in [4.78, 5) is 12.1. The van der Waals surface area contributed by atoms with Crippen molar-refractivity contribution in [1.29, 1.82) is 0 Å². The summed E-state index contributed by atoms with van der Waals surface area (Å²) >= 11 is 5.80. The second-order valence-electron chi connectivity index (χ2n) is 5.98. The Kier molecular flexibility index (Phi) is 6.54. The van der Waals surface area contributed by atoms with Crippen LogP contribution in [-0.2, 0) is 17.9 Å². The summed E-state index contributed by atoms with van der Waals surface area (Å²) in [6.45, 7) is 5.62. The molecule has 0 fully saturated rings. The highest BCUT2D eigenvalue weighted by molar-refractivity contribution is 6.30. The molecule has 9 heteroatoms. The third-order valence-electron chi connectivity index (χ3n) is 3.78. The largest absolute Gasteiger partial charge is 0.490 e. The molecular weight excluding hydrogens is 382 g/mol. The van der Waals surface area contributed by atoms with Gasteiger partial charge in [0, 0.05) is 12.4 Å². The number of carbonyl (C=O) groups is 1. The number of nitrogens with zero attached hydrogens (tertiary/aromatic N) is 4. The zero-order chi connectivity index (χ0) is 19.9. The van der Waals surface area contributed by atoms with E-state index in [4.69, 9.17) is 21.1 Å². The summed E-state index contributed by atoms with van der Waals surface area (Å²) < 4.78 is 14.4. The minimum atomic E-state index is -0.209. The number of hydrogen-bond donors (Lipinski definition) is 1. The van der Waals surface area contributed by atoms with Gasteiger partial charge in [0.1, 0.15) is 6.54 Å². The smallest absolute Gasteiger partial charge is 0.246 e. The number of nitrogens with one attached hydrogen (secondary N) is 1. The molecule has 148 valence electrons. The van der Waals surface area contributed by atoms with Gasteiger partial charge >= 0.3 is 0 Å². The molecule has 0 saturated carbocycles. The van der Waals surface area contributed by atoms with Crippen molar-refractivity contribution >= 4 is 23.2 Å². The number of benzene rings is 1. The highest BCUT2D eigenvalue weighted by atomic mass is 35.5. The van der Waals surface area contributed by atoms with E-state index < -0.39 is 0 Å². The molecule has 1 aromatic carbocycles. The molecule has 1 N–H and O–H groups in total. The van der Waals surface area contributed by atoms with Crippen LogP contribution in [0.2, 0.25) is 5.02 Å². The highest BCUT2D eigenvalue weighted by Gasteiger charge is 2.09. The molecule has 2 heterocycles. The predicted octanol–water partition coefficient (Wildman–Crippen LogP) is 3.22. The van der Waals surface area contributed by atoms with Crippen LogP contribution < -0.4 is 14.8 Å². The topological polar surface area (TPSA) is 83.2 Å². The number of carbonyl (C=O) groups excluding carboxylic acids is 1. The Hall–Kier alpha value is -3.00. The first-order chi connectivity index (χ1) is 13.6. The van der Waals surface area contributed by atoms with Gasteiger partial charge < -0.3 is 14.8 Å². The molecule has 0 bridgehead atoms. The fourth-order valence-corrected chi connectivity index (χ4v) is 2.82. The fraction of sp³-hybridized carbons (Fsp3) is 0.316. The van der Waals surface area contributed by atoms with Gasteiger partial charge in [-0.1, -0.05) is 17.7 Å². The van der Waals surface area contributed by atoms with Crippen LogP contribution >= 0.6 is 11.6 Å². The van der Waals surface area contributed by atoms with Crippen molar-refractivity contribution in [2.24, 2.45) is 0 Å². The normalized spacial score (nSPS) is 10.7. The van der Waals surface area contributed by atoms with Crippen molar-refractivity contribution in [2.45, 2.75) is 26.9 Å². The lowest BCUT2D eigenvalue weighted by Crippen LogP contribution is -2.18. The maximum absolute atomic E-state index is 12.1. The van der Waals surface area contributed by atoms with Crippen molar-refractivity contribution in [2.75, 3.05) is 18.5 Å². The van der Waals surface area contributed by atoms with E-state index in [2.05, 4.69) is 15.5 Å². The van der Waals surface area contributed by atoms with Crippen molar-refractivity contribution in [3.8, 4) is 11.5 Å². The van der Waals surface area contributed by atoms with E-state index in [9.17, 15) is 4.79 Å². The Bertz CT molecular complexity index is 937. The molecule has 0 aliphatic carbocycles. The maximum atomic E-state index is 12.1. The average molecular weight is 404 g/mol. The summed E-state index contributed by atoms with van der Waals surface area (Å²) in [5.41, 5.74) is 1.62. The Labute approximate surface area is 168 Å². The zero-order valence-electron chi connectivity index (χ0n) is 15.8. The van der Waals surface area contributed by atoms with Gasteiger partial charge in [-0.05, 0) is 31.5 Å². The van der Waals surface area contributed by atoms with Gasteiger partial charge in [-0.3, -0.25) is 14.2 Å². The number of hydrogen-bond acceptors (Lipinski definition) is 5. The van der Waals surface area contributed by atoms with Crippen LogP contribution in [0.3, 0.4) is 0 Å². The van der Waals surface area contributed by atoms with E-state index in [1.807, 2.05) is 32.0 Å². The van der Waals surface area contributed by atoms with E-state index in [1.165, 1.54) is 10.9 Å². The Morgan fingerprint density at radius 1 is 1.07 bits per heavy atom. The maximum Gasteiger partial charge on any atom is 0.246 e. The molecule has 2 aromatic heterocycles. The van der Waals surface area contributed by atoms with Gasteiger partial charge in [-0.25, -0.2) is 0 Å². The second kappa shape index (κ2) is 9.27. The number of aromatic nitrogens is 4. The lowest BCUT2D eigenvalue weighted by Gasteiger charge is -2.12. The summed E-state index contributed by atoms with van der Waals surface area (Å²) in [5.74, 6) is 1.22. The second-order valence-corrected chi connectivity index (χ2v) is 6.41. The summed E-state index contributed by atoms with van der Waals surface area (Å²) in [5, 5.41) is 11.6. The van der Waals surface area contributed by atoms with Crippen molar-refractivity contribution in [3.05, 3.63) is 53.6 Å². The van der Waals surface area contributed by atoms with E-state index in [-0.39, 0.29) is 12.5 Å². The summed E-state index contributed by atoms with van der Waals surface area (Å²) in [6.07, 6.45) is 6.45. The molecule has 8 nitrogen and oxygen atoms in total. The average Bonchev–Trinajstić information content (AvgIpc) is 3.26. The van der Waals surface area contributed by atoms with Gasteiger partial charge in [0.05, 0.1) is 42.9 Å². The Balaban J connectivity index is 1.62. The number of anilines is 1. The molecule has 3 aromatic rings. The first-order valence-electron chi connectivity index (χ1n) is 8.96. The molecule has 1 amide bonds. The number of rotatable bonds is 9. The van der Waals surface area contributed by atoms with Crippen LogP contribution in [0.15, 0.2) is 43.0 Å². The molecule has 0 aliphatic heterocycles. The van der Waals surface area contributed by atoms with Gasteiger partial charge in [0.25, 0.3) is 0 Å². The SMILES string of the molecule is CCOc1ccc(Cn2cc(NC(=O)Cn3cc(Cl)cn3)cn2)cc1OCC. The van der Waals surface area contributed by atoms with Crippen molar-refractivity contribution in [3.63, 3.8) is 0 Å². The third kappa shape index (κ3) is 5.26. The highest BCUT2D eigenvalue weighted by Crippen LogP contribution is 2.28. The molecule has 0 spiro atoms. The van der Waals surface area contributed by atoms with Crippen LogP contribution in [0, 0.1) is 0 Å². The lowest BCUT2D eigenvalue weighted by molar-refractivity contribution is -0.116. The summed E-state index contributed by atoms with van der Waals surface area (Å²) in [7, 11) is 0. The zero-order valence-corrected chi connectivity index (χ0v) is 16.5. The van der Waals surface area contributed by atoms with E-state index >= 15 is 0 Å². The first-order valence-corrected chi connectivity index (χ1v) is 9.34. The fourth-order valence-electron chi connectivity index (χ4n) is 2.67. The number of ether oxygens (including phenoxy) is 2. The van der Waals surface area contributed by atoms with Crippen LogP contribution in [0.5, 0.6) is 11.5 Å². The molecule has 0 aliphatic rings. The van der Waals surface area contributed by atoms with Gasteiger partial charge in [0.2, 0.25) is 5.91 Å². The minimum Gasteiger partial charge on any atom is -0.490 e. The molecular formula is C19H22ClN5O3. The van der Waals surface area contributed by atoms with Gasteiger partial charge in [0.15, 0.2) is 11.5 Å². The molecule has 3 rings (SSSR count). The lowest BCUT2D eigenvalue weighted by atomic mass is 10.2. The first kappa shape index (κ1) is 19.8. The summed E-state index contributed by atoms with van der Waals surface area (Å²) in [6, 6.07) is 5.80. The van der Waals surface area contributed by atoms with Crippen LogP contribution in [-0.4, -0.2) is 38.7 Å². The number of amides is 1. The molecule has 0 unspecified atom stereocenters. The van der Waals surface area contributed by atoms with Crippen LogP contribution in [0.1, 0.15) is 19.4 Å². The predicted molar refractivity (Wildman–Crippen MR) is 106 cm³/mol. The molecule has 0 atom stereocenters. The standard InChI is InChI=1S/C19H22ClN5O3/c1-3-27-17-6-5-14(7-18(17)28-4-2)10-24-12-16(9-22-24)23-19(26)13-25-11-15(20)8-21-25/h5-9,11-12H,3-4,10,13H2,1-2H3,(H,23,26). The minimum absolute atomic E-state index is 0.0779. The van der Waals surface area contributed by atoms with Gasteiger partial charge in [-0.15, -0.1) is 0 Å². The Morgan fingerprint density at radius 2 is 1.82 bits per heavy atom. The van der Waals surface area contributed by atoms with Crippen molar-refractivity contribution in [1.82, 2.24) is 19.6 Å². The number of halogens is 1. The van der Waals surface area contributed by atoms with Crippen LogP contribution in [0.4, 0.5) is 5.69 Å². The monoisotopic (exact) mass is 403 g/mol. The van der Waals surface area contributed by atoms with Crippen LogP contribution in [0.25, 0.3) is 0 Å². The Morgan fingerprint density at radius 3 is 2.54 bits per heavy atom. The molecule has 0 radical (unpaired) electrons. The molecule has 28 heavy (non-hydrogen) atoms. The van der Waals surface area contributed by atoms with E-state index in [0.717, 1.165) is 11.3 Å². The van der Waals surface area contributed by atoms with Gasteiger partial charge in [-0.2, -0.15) is 10.2 Å².